The Morgan fingerprint density at radius 2 is 2.38 bits per heavy atom. The maximum Gasteiger partial charge on any atom is 0.475 e. The van der Waals surface area contributed by atoms with Crippen molar-refractivity contribution in [3.05, 3.63) is 28.9 Å². The highest BCUT2D eigenvalue weighted by Crippen LogP contribution is 2.56. The number of phosphoric acid groups is 1. The van der Waals surface area contributed by atoms with Gasteiger partial charge in [0.2, 0.25) is 0 Å². The van der Waals surface area contributed by atoms with Crippen molar-refractivity contribution in [2.24, 2.45) is 5.73 Å². The minimum Gasteiger partial charge on any atom is -0.349 e. The molecule has 9 nitrogen and oxygen atoms in total. The second-order valence-corrected chi connectivity index (χ2v) is 6.30. The number of rotatable bonds is 4. The van der Waals surface area contributed by atoms with Gasteiger partial charge in [-0.2, -0.15) is 0 Å². The second-order valence-electron chi connectivity index (χ2n) is 4.68. The summed E-state index contributed by atoms with van der Waals surface area (Å²) in [4.78, 5) is 15.4. The van der Waals surface area contributed by atoms with Gasteiger partial charge in [0.05, 0.1) is 13.2 Å². The largest absolute Gasteiger partial charge is 0.475 e. The lowest BCUT2D eigenvalue weighted by atomic mass is 10.2. The molecule has 0 radical (unpaired) electrons. The van der Waals surface area contributed by atoms with E-state index in [9.17, 15) is 9.36 Å². The molecule has 2 N–H and O–H groups in total. The molecule has 0 aliphatic carbocycles. The van der Waals surface area contributed by atoms with Crippen molar-refractivity contribution in [3.63, 3.8) is 0 Å². The van der Waals surface area contributed by atoms with Crippen LogP contribution in [0.5, 0.6) is 0 Å². The number of phosphoric ester groups is 1. The van der Waals surface area contributed by atoms with Crippen LogP contribution in [0.4, 0.5) is 0 Å². The van der Waals surface area contributed by atoms with Gasteiger partial charge in [-0.1, -0.05) is 0 Å². The monoisotopic (exact) mass is 317 g/mol. The molecule has 0 amide bonds. The average Bonchev–Trinajstić information content (AvgIpc) is 2.88. The predicted molar refractivity (Wildman–Crippen MR) is 70.5 cm³/mol. The summed E-state index contributed by atoms with van der Waals surface area (Å²) in [6.07, 6.45) is 1.99. The fourth-order valence-electron chi connectivity index (χ4n) is 2.31. The number of hydrogen-bond acceptors (Lipinski definition) is 8. The van der Waals surface area contributed by atoms with Gasteiger partial charge in [-0.15, -0.1) is 0 Å². The summed E-state index contributed by atoms with van der Waals surface area (Å²) < 4.78 is 34.8. The standard InChI is InChI=1S/C11H16N3O6P/c12-2-5-17-21(16)18-7-9-8(20-21)6-10(19-9)14-4-1-3-13-11(14)15/h1,3-4,8-10H,2,5-7,12H2/t8-,9+,10+,21?/m0/s1. The van der Waals surface area contributed by atoms with Crippen LogP contribution < -0.4 is 11.4 Å². The Morgan fingerprint density at radius 1 is 1.52 bits per heavy atom. The minimum absolute atomic E-state index is 0.0814. The molecule has 10 heteroatoms. The first-order chi connectivity index (χ1) is 10.1. The number of nitrogens with zero attached hydrogens (tertiary/aromatic N) is 2. The van der Waals surface area contributed by atoms with E-state index < -0.39 is 31.9 Å². The molecule has 3 rings (SSSR count). The summed E-state index contributed by atoms with van der Waals surface area (Å²) in [6.45, 7) is 0.383. The van der Waals surface area contributed by atoms with Gasteiger partial charge in [-0.3, -0.25) is 18.1 Å². The summed E-state index contributed by atoms with van der Waals surface area (Å²) in [6, 6.07) is 1.64. The summed E-state index contributed by atoms with van der Waals surface area (Å²) in [5.41, 5.74) is 4.89. The van der Waals surface area contributed by atoms with E-state index in [-0.39, 0.29) is 19.8 Å². The Balaban J connectivity index is 1.71. The molecule has 4 atom stereocenters. The lowest BCUT2D eigenvalue weighted by Crippen LogP contribution is -2.33. The van der Waals surface area contributed by atoms with Crippen LogP contribution in [0.15, 0.2) is 23.3 Å². The molecule has 2 aliphatic heterocycles. The van der Waals surface area contributed by atoms with Gasteiger partial charge in [0.15, 0.2) is 0 Å². The molecule has 1 unspecified atom stereocenters. The minimum atomic E-state index is -3.59. The van der Waals surface area contributed by atoms with Crippen LogP contribution in [-0.2, 0) is 22.9 Å². The predicted octanol–water partition coefficient (Wildman–Crippen LogP) is 0.0296. The van der Waals surface area contributed by atoms with E-state index in [4.69, 9.17) is 24.0 Å². The van der Waals surface area contributed by atoms with E-state index in [1.54, 1.807) is 12.3 Å². The van der Waals surface area contributed by atoms with Crippen LogP contribution in [0.1, 0.15) is 12.6 Å². The summed E-state index contributed by atoms with van der Waals surface area (Å²) in [7, 11) is -3.59. The highest BCUT2D eigenvalue weighted by molar-refractivity contribution is 7.48. The van der Waals surface area contributed by atoms with E-state index in [2.05, 4.69) is 4.98 Å². The van der Waals surface area contributed by atoms with Gasteiger partial charge in [0, 0.05) is 25.4 Å². The molecule has 3 heterocycles. The highest BCUT2D eigenvalue weighted by Gasteiger charge is 2.47. The number of fused-ring (bicyclic) bond motifs is 1. The molecular weight excluding hydrogens is 301 g/mol. The van der Waals surface area contributed by atoms with Crippen LogP contribution in [0, 0.1) is 0 Å². The molecule has 21 heavy (non-hydrogen) atoms. The normalized spacial score (nSPS) is 35.6. The second kappa shape index (κ2) is 5.96. The Labute approximate surface area is 120 Å². The van der Waals surface area contributed by atoms with Crippen molar-refractivity contribution in [1.29, 1.82) is 0 Å². The number of hydrogen-bond donors (Lipinski definition) is 1. The first-order valence-corrected chi connectivity index (χ1v) is 8.03. The summed E-state index contributed by atoms with van der Waals surface area (Å²) in [5, 5.41) is 0. The SMILES string of the molecule is NCCOP1(=O)OC[C@H]2O[C@@H](n3cccnc3=O)C[C@@H]2O1. The molecule has 2 fully saturated rings. The zero-order chi connectivity index (χ0) is 14.9. The highest BCUT2D eigenvalue weighted by atomic mass is 31.2. The van der Waals surface area contributed by atoms with Crippen molar-refractivity contribution < 1.29 is 22.9 Å². The number of ether oxygens (including phenoxy) is 1. The van der Waals surface area contributed by atoms with Crippen molar-refractivity contribution in [1.82, 2.24) is 9.55 Å². The fourth-order valence-corrected chi connectivity index (χ4v) is 3.72. The number of aromatic nitrogens is 2. The molecule has 2 aliphatic rings. The van der Waals surface area contributed by atoms with E-state index in [0.717, 1.165) is 0 Å². The molecule has 116 valence electrons. The third-order valence-corrected chi connectivity index (χ3v) is 4.75. The quantitative estimate of drug-likeness (QED) is 0.773. The van der Waals surface area contributed by atoms with Crippen LogP contribution in [0.3, 0.4) is 0 Å². The van der Waals surface area contributed by atoms with E-state index in [1.807, 2.05) is 0 Å². The zero-order valence-electron chi connectivity index (χ0n) is 11.2. The van der Waals surface area contributed by atoms with Crippen molar-refractivity contribution in [3.8, 4) is 0 Å². The van der Waals surface area contributed by atoms with E-state index in [0.29, 0.717) is 6.42 Å². The smallest absolute Gasteiger partial charge is 0.349 e. The number of nitrogens with two attached hydrogens (primary N) is 1. The van der Waals surface area contributed by atoms with Gasteiger partial charge in [0.25, 0.3) is 0 Å². The maximum absolute atomic E-state index is 12.2. The molecule has 1 aromatic rings. The van der Waals surface area contributed by atoms with Crippen LogP contribution in [0.2, 0.25) is 0 Å². The molecule has 1 aromatic heterocycles. The van der Waals surface area contributed by atoms with Gasteiger partial charge in [-0.05, 0) is 6.07 Å². The average molecular weight is 317 g/mol. The van der Waals surface area contributed by atoms with Gasteiger partial charge < -0.3 is 10.5 Å². The van der Waals surface area contributed by atoms with Crippen LogP contribution >= 0.6 is 7.82 Å². The molecule has 0 saturated carbocycles. The topological polar surface area (TPSA) is 115 Å². The van der Waals surface area contributed by atoms with Crippen molar-refractivity contribution in [2.45, 2.75) is 24.9 Å². The third kappa shape index (κ3) is 3.08. The molecule has 2 saturated heterocycles. The van der Waals surface area contributed by atoms with Crippen molar-refractivity contribution >= 4 is 7.82 Å². The lowest BCUT2D eigenvalue weighted by Gasteiger charge is -2.29. The van der Waals surface area contributed by atoms with Crippen molar-refractivity contribution in [2.75, 3.05) is 19.8 Å². The lowest BCUT2D eigenvalue weighted by molar-refractivity contribution is -0.0719. The Morgan fingerprint density at radius 3 is 3.14 bits per heavy atom. The van der Waals surface area contributed by atoms with Gasteiger partial charge in [-0.25, -0.2) is 14.3 Å². The van der Waals surface area contributed by atoms with Gasteiger partial charge >= 0.3 is 13.5 Å². The Kier molecular flexibility index (Phi) is 4.21. The van der Waals surface area contributed by atoms with Gasteiger partial charge in [0.1, 0.15) is 18.4 Å². The zero-order valence-corrected chi connectivity index (χ0v) is 12.1. The Hall–Kier alpha value is -1.09. The molecule has 0 bridgehead atoms. The fraction of sp³-hybridized carbons (Fsp3) is 0.636. The molecule has 0 aromatic carbocycles. The first kappa shape index (κ1) is 14.8. The third-order valence-electron chi connectivity index (χ3n) is 3.26. The molecule has 0 spiro atoms. The van der Waals surface area contributed by atoms with E-state index in [1.165, 1.54) is 10.8 Å². The maximum atomic E-state index is 12.2. The van der Waals surface area contributed by atoms with Crippen LogP contribution in [-0.4, -0.2) is 41.5 Å². The molecular formula is C11H16N3O6P. The summed E-state index contributed by atoms with van der Waals surface area (Å²) >= 11 is 0. The van der Waals surface area contributed by atoms with Crippen LogP contribution in [0.25, 0.3) is 0 Å². The Bertz CT molecular complexity index is 608. The first-order valence-electron chi connectivity index (χ1n) is 6.57. The summed E-state index contributed by atoms with van der Waals surface area (Å²) in [5.74, 6) is 0. The van der Waals surface area contributed by atoms with E-state index >= 15 is 0 Å².